The highest BCUT2D eigenvalue weighted by molar-refractivity contribution is 5.98. The van der Waals surface area contributed by atoms with Crippen LogP contribution in [0.4, 0.5) is 0 Å². The van der Waals surface area contributed by atoms with E-state index >= 15 is 0 Å². The summed E-state index contributed by atoms with van der Waals surface area (Å²) in [5, 5.41) is 50.2. The zero-order chi connectivity index (χ0) is 37.6. The van der Waals surface area contributed by atoms with Gasteiger partial charge in [-0.3, -0.25) is 9.59 Å². The number of hydrogen-bond donors (Lipinski definition) is 4. The lowest BCUT2D eigenvalue weighted by Crippen LogP contribution is -2.69. The summed E-state index contributed by atoms with van der Waals surface area (Å²) in [4.78, 5) is 66.2. The predicted octanol–water partition coefficient (Wildman–Crippen LogP) is 0.995. The van der Waals surface area contributed by atoms with Crippen molar-refractivity contribution in [1.29, 1.82) is 0 Å². The molecule has 5 fully saturated rings. The van der Waals surface area contributed by atoms with Gasteiger partial charge in [0.2, 0.25) is 0 Å². The van der Waals surface area contributed by atoms with E-state index in [1.165, 1.54) is 13.0 Å². The second-order valence-electron chi connectivity index (χ2n) is 17.7. The summed E-state index contributed by atoms with van der Waals surface area (Å²) in [6.45, 7) is 5.75. The van der Waals surface area contributed by atoms with E-state index in [1.54, 1.807) is 13.8 Å². The molecule has 1 spiro atoms. The Morgan fingerprint density at radius 2 is 1.45 bits per heavy atom. The highest BCUT2D eigenvalue weighted by atomic mass is 16.7. The fraction of sp³-hybridized carbons (Fsp3) is 0.667. The number of aliphatic hydroxyl groups excluding tert-OH is 1. The Balaban J connectivity index is 1.21. The lowest BCUT2D eigenvalue weighted by atomic mass is 9.42. The number of esters is 5. The molecule has 0 aromatic heterocycles. The largest absolute Gasteiger partial charge is 0.461 e. The van der Waals surface area contributed by atoms with Gasteiger partial charge in [0, 0.05) is 40.0 Å². The van der Waals surface area contributed by atoms with Crippen molar-refractivity contribution in [3.8, 4) is 0 Å². The normalized spacial score (nSPS) is 50.7. The monoisotopic (exact) mass is 734 g/mol. The Morgan fingerprint density at radius 3 is 2.17 bits per heavy atom. The highest BCUT2D eigenvalue weighted by Gasteiger charge is 2.87. The van der Waals surface area contributed by atoms with Gasteiger partial charge in [0.25, 0.3) is 5.79 Å². The van der Waals surface area contributed by atoms with Crippen LogP contribution < -0.4 is 0 Å². The molecule has 10 rings (SSSR count). The van der Waals surface area contributed by atoms with Crippen LogP contribution in [0.2, 0.25) is 0 Å². The topological polar surface area (TPSA) is 212 Å². The van der Waals surface area contributed by atoms with Crippen molar-refractivity contribution in [1.82, 2.24) is 0 Å². The lowest BCUT2D eigenvalue weighted by molar-refractivity contribution is -0.244. The summed E-state index contributed by atoms with van der Waals surface area (Å²) < 4.78 is 28.8. The van der Waals surface area contributed by atoms with Crippen LogP contribution in [-0.2, 0) is 47.7 Å². The van der Waals surface area contributed by atoms with Crippen molar-refractivity contribution in [3.63, 3.8) is 0 Å². The molecule has 0 amide bonds. The Morgan fingerprint density at radius 1 is 0.774 bits per heavy atom. The van der Waals surface area contributed by atoms with Gasteiger partial charge in [-0.1, -0.05) is 13.8 Å². The van der Waals surface area contributed by atoms with Gasteiger partial charge in [0.1, 0.15) is 31.5 Å². The van der Waals surface area contributed by atoms with E-state index in [0.717, 1.165) is 0 Å². The van der Waals surface area contributed by atoms with E-state index in [-0.39, 0.29) is 84.9 Å². The van der Waals surface area contributed by atoms with E-state index in [9.17, 15) is 44.4 Å². The van der Waals surface area contributed by atoms with Crippen LogP contribution in [-0.4, -0.2) is 98.8 Å². The average Bonchev–Trinajstić information content (AvgIpc) is 4.01. The molecule has 10 aliphatic rings. The van der Waals surface area contributed by atoms with Gasteiger partial charge in [-0.05, 0) is 85.3 Å². The van der Waals surface area contributed by atoms with Crippen LogP contribution in [0.1, 0.15) is 66.2 Å². The second-order valence-corrected chi connectivity index (χ2v) is 17.7. The summed E-state index contributed by atoms with van der Waals surface area (Å²) in [5.41, 5.74) is -5.48. The number of hydrogen-bond acceptors (Lipinski definition) is 14. The van der Waals surface area contributed by atoms with Crippen LogP contribution in [0.5, 0.6) is 0 Å². The molecule has 0 aromatic rings. The van der Waals surface area contributed by atoms with Gasteiger partial charge in [-0.2, -0.15) is 0 Å². The number of carbonyl (C=O) groups excluding carboxylic acids is 5. The van der Waals surface area contributed by atoms with Crippen LogP contribution >= 0.6 is 0 Å². The van der Waals surface area contributed by atoms with E-state index in [0.29, 0.717) is 29.6 Å². The molecular weight excluding hydrogens is 692 g/mol. The van der Waals surface area contributed by atoms with Gasteiger partial charge in [0.15, 0.2) is 5.60 Å². The molecule has 14 heteroatoms. The minimum absolute atomic E-state index is 0.00686. The molecule has 0 saturated heterocycles. The lowest BCUT2D eigenvalue weighted by Gasteiger charge is -2.64. The first kappa shape index (κ1) is 33.7. The van der Waals surface area contributed by atoms with E-state index in [2.05, 4.69) is 0 Å². The maximum atomic E-state index is 14.4. The van der Waals surface area contributed by atoms with Crippen LogP contribution in [0, 0.1) is 46.3 Å². The molecule has 3 aliphatic heterocycles. The molecule has 53 heavy (non-hydrogen) atoms. The average molecular weight is 735 g/mol. The number of ether oxygens (including phenoxy) is 5. The molecule has 4 N–H and O–H groups in total. The van der Waals surface area contributed by atoms with Crippen molar-refractivity contribution in [2.75, 3.05) is 19.8 Å². The molecule has 5 saturated carbocycles. The van der Waals surface area contributed by atoms with Crippen molar-refractivity contribution in [2.24, 2.45) is 46.3 Å². The first-order valence-electron chi connectivity index (χ1n) is 18.5. The van der Waals surface area contributed by atoms with Crippen LogP contribution in [0.15, 0.2) is 45.1 Å². The number of fused-ring (bicyclic) bond motifs is 9. The van der Waals surface area contributed by atoms with Gasteiger partial charge >= 0.3 is 29.8 Å². The Kier molecular flexibility index (Phi) is 6.27. The minimum atomic E-state index is -2.51. The van der Waals surface area contributed by atoms with Gasteiger partial charge in [-0.25, -0.2) is 14.4 Å². The number of cyclic esters (lactones) is 3. The van der Waals surface area contributed by atoms with E-state index in [4.69, 9.17) is 23.7 Å². The molecule has 13 atom stereocenters. The SMILES string of the molecule is CC1=CC(=O)OC[C@]2(O)[C@H]3C[C@H]3[C@]3(C)[C@@H]4C[C@@]5(O)C6=C(C7=C(C)C(=O)O[C@]7(O)[C@H](O)[C@@]6(C)[C@@H]6C[C@@H]65)[C@@]45OC(=O)C(=C5C[C@@H]23)COC(=O)CCC(=O)OC1. The summed E-state index contributed by atoms with van der Waals surface area (Å²) in [7, 11) is 0. The fourth-order valence-corrected chi connectivity index (χ4v) is 13.2. The highest BCUT2D eigenvalue weighted by Crippen LogP contribution is 2.84. The van der Waals surface area contributed by atoms with E-state index < -0.39 is 87.8 Å². The minimum Gasteiger partial charge on any atom is -0.461 e. The van der Waals surface area contributed by atoms with Crippen molar-refractivity contribution in [3.05, 3.63) is 45.1 Å². The summed E-state index contributed by atoms with van der Waals surface area (Å²) in [6, 6.07) is 0. The smallest absolute Gasteiger partial charge is 0.338 e. The van der Waals surface area contributed by atoms with Gasteiger partial charge in [0.05, 0.1) is 24.0 Å². The third-order valence-corrected chi connectivity index (χ3v) is 15.5. The first-order valence-corrected chi connectivity index (χ1v) is 18.5. The van der Waals surface area contributed by atoms with Crippen molar-refractivity contribution < 1.29 is 68.1 Å². The van der Waals surface area contributed by atoms with E-state index in [1.807, 2.05) is 6.92 Å². The third kappa shape index (κ3) is 3.71. The summed E-state index contributed by atoms with van der Waals surface area (Å²) >= 11 is 0. The molecule has 7 aliphatic carbocycles. The standard InChI is InChI=1S/C39H42O14/c1-15-7-27(42)51-14-37(47)22-8-19(22)34(3)23(37)10-18-17(13-50-26(41)6-5-25(40)49-12-15)32(44)52-38(18)24(34)11-36(46)21-9-20(21)35(4)30(36)29(38)28-16(2)31(43)53-39(28,48)33(35)45/h7,19-24,33,45-48H,5-6,8-14H2,1-4H3/t19-,20-,21+,22+,23-,24+,33-,34+,35+,36+,37+,38+,39+/m1/s1. The zero-order valence-electron chi connectivity index (χ0n) is 29.9. The van der Waals surface area contributed by atoms with Crippen molar-refractivity contribution in [2.45, 2.75) is 94.9 Å². The molecule has 14 nitrogen and oxygen atoms in total. The third-order valence-electron chi connectivity index (χ3n) is 15.5. The first-order chi connectivity index (χ1) is 24.9. The molecule has 3 heterocycles. The molecular formula is C39H42O14. The van der Waals surface area contributed by atoms with Crippen LogP contribution in [0.3, 0.4) is 0 Å². The maximum absolute atomic E-state index is 14.4. The van der Waals surface area contributed by atoms with Crippen LogP contribution in [0.25, 0.3) is 0 Å². The summed E-state index contributed by atoms with van der Waals surface area (Å²) in [6.07, 6.45) is 0.162. The molecule has 282 valence electrons. The number of rotatable bonds is 0. The second kappa shape index (κ2) is 9.87. The Labute approximate surface area is 303 Å². The maximum Gasteiger partial charge on any atom is 0.338 e. The number of carbonyl (C=O) groups is 5. The molecule has 0 unspecified atom stereocenters. The number of aliphatic hydroxyl groups is 4. The predicted molar refractivity (Wildman–Crippen MR) is 174 cm³/mol. The van der Waals surface area contributed by atoms with Crippen molar-refractivity contribution >= 4 is 29.8 Å². The quantitative estimate of drug-likeness (QED) is 0.202. The molecule has 2 bridgehead atoms. The van der Waals surface area contributed by atoms with Gasteiger partial charge < -0.3 is 44.1 Å². The molecule has 0 aromatic carbocycles. The summed E-state index contributed by atoms with van der Waals surface area (Å²) in [5.74, 6) is -8.74. The fourth-order valence-electron chi connectivity index (χ4n) is 13.2. The molecule has 0 radical (unpaired) electrons. The Bertz CT molecular complexity index is 2020. The van der Waals surface area contributed by atoms with Gasteiger partial charge in [-0.15, -0.1) is 0 Å². The Hall–Kier alpha value is -3.85. The zero-order valence-corrected chi connectivity index (χ0v) is 29.9.